The summed E-state index contributed by atoms with van der Waals surface area (Å²) in [6.45, 7) is 7.82. The van der Waals surface area contributed by atoms with Crippen LogP contribution in [0.25, 0.3) is 0 Å². The Morgan fingerprint density at radius 3 is 2.23 bits per heavy atom. The lowest BCUT2D eigenvalue weighted by Gasteiger charge is -2.22. The lowest BCUT2D eigenvalue weighted by Crippen LogP contribution is -2.41. The van der Waals surface area contributed by atoms with E-state index in [1.165, 1.54) is 17.1 Å². The predicted molar refractivity (Wildman–Crippen MR) is 149 cm³/mol. The molecule has 1 aliphatic rings. The van der Waals surface area contributed by atoms with Crippen LogP contribution in [0.4, 0.5) is 10.5 Å². The zero-order valence-corrected chi connectivity index (χ0v) is 23.7. The molecule has 0 fully saturated rings. The monoisotopic (exact) mass is 556 g/mol. The van der Waals surface area contributed by atoms with Crippen LogP contribution in [-0.2, 0) is 35.3 Å². The maximum atomic E-state index is 12.6. The molecule has 1 aliphatic heterocycles. The Morgan fingerprint density at radius 2 is 1.62 bits per heavy atom. The van der Waals surface area contributed by atoms with Gasteiger partial charge in [-0.25, -0.2) is 4.79 Å². The van der Waals surface area contributed by atoms with E-state index in [0.29, 0.717) is 37.9 Å². The number of aldehydes is 1. The third-order valence-corrected chi connectivity index (χ3v) is 6.36. The summed E-state index contributed by atoms with van der Waals surface area (Å²) in [6.07, 6.45) is 4.99. The van der Waals surface area contributed by atoms with Crippen LogP contribution in [-0.4, -0.2) is 60.0 Å². The van der Waals surface area contributed by atoms with E-state index in [1.54, 1.807) is 38.1 Å². The second kappa shape index (κ2) is 15.5. The number of nitrogens with one attached hydrogen (secondary N) is 3. The number of anilines is 1. The third kappa shape index (κ3) is 11.4. The first-order valence-corrected chi connectivity index (χ1v) is 13.5. The minimum atomic E-state index is -0.672. The zero-order valence-electron chi connectivity index (χ0n) is 23.7. The molecule has 3 N–H and O–H groups in total. The Hall–Kier alpha value is -4.02. The van der Waals surface area contributed by atoms with Crippen molar-refractivity contribution in [2.45, 2.75) is 72.4 Å². The topological polar surface area (TPSA) is 151 Å². The zero-order chi connectivity index (χ0) is 29.7. The lowest BCUT2D eigenvalue weighted by molar-refractivity contribution is -0.137. The van der Waals surface area contributed by atoms with E-state index < -0.39 is 11.5 Å². The SMILES string of the molecule is CC(C)C(CC(=O)Nc1ccc(COC(=O)NCC(C)(C)C=O)cc1)NC(=O)CCCCCN1C(=O)C=CC1=O. The van der Waals surface area contributed by atoms with Gasteiger partial charge in [0.25, 0.3) is 11.8 Å². The molecule has 1 unspecified atom stereocenters. The van der Waals surface area contributed by atoms with Gasteiger partial charge in [0.15, 0.2) is 0 Å². The molecule has 1 heterocycles. The highest BCUT2D eigenvalue weighted by Crippen LogP contribution is 2.14. The Labute approximate surface area is 235 Å². The second-order valence-electron chi connectivity index (χ2n) is 10.9. The van der Waals surface area contributed by atoms with Gasteiger partial charge in [0, 0.05) is 55.2 Å². The predicted octanol–water partition coefficient (Wildman–Crippen LogP) is 3.09. The third-order valence-electron chi connectivity index (χ3n) is 6.36. The average molecular weight is 557 g/mol. The highest BCUT2D eigenvalue weighted by Gasteiger charge is 2.23. The number of rotatable bonds is 16. The summed E-state index contributed by atoms with van der Waals surface area (Å²) >= 11 is 0. The van der Waals surface area contributed by atoms with E-state index >= 15 is 0 Å². The molecule has 0 bridgehead atoms. The number of hydrogen-bond acceptors (Lipinski definition) is 7. The number of hydrogen-bond donors (Lipinski definition) is 3. The molecule has 1 aromatic carbocycles. The number of carbonyl (C=O) groups excluding carboxylic acids is 6. The summed E-state index contributed by atoms with van der Waals surface area (Å²) in [5, 5.41) is 8.31. The number of ether oxygens (including phenoxy) is 1. The number of benzene rings is 1. The van der Waals surface area contributed by atoms with Crippen molar-refractivity contribution in [3.63, 3.8) is 0 Å². The van der Waals surface area contributed by atoms with Crippen LogP contribution in [0, 0.1) is 11.3 Å². The smallest absolute Gasteiger partial charge is 0.407 e. The van der Waals surface area contributed by atoms with Gasteiger partial charge in [-0.1, -0.05) is 46.2 Å². The quantitative estimate of drug-likeness (QED) is 0.161. The number of nitrogens with zero attached hydrogens (tertiary/aromatic N) is 1. The Balaban J connectivity index is 1.70. The molecule has 0 aliphatic carbocycles. The fourth-order valence-corrected chi connectivity index (χ4v) is 3.75. The summed E-state index contributed by atoms with van der Waals surface area (Å²) in [7, 11) is 0. The summed E-state index contributed by atoms with van der Waals surface area (Å²) in [6, 6.07) is 6.52. The van der Waals surface area contributed by atoms with Crippen LogP contribution >= 0.6 is 0 Å². The molecule has 0 spiro atoms. The minimum Gasteiger partial charge on any atom is -0.445 e. The highest BCUT2D eigenvalue weighted by atomic mass is 16.5. The molecular formula is C29H40N4O7. The first-order chi connectivity index (χ1) is 18.9. The number of amides is 5. The van der Waals surface area contributed by atoms with Crippen molar-refractivity contribution in [3.8, 4) is 0 Å². The van der Waals surface area contributed by atoms with Crippen molar-refractivity contribution >= 4 is 41.7 Å². The van der Waals surface area contributed by atoms with Crippen molar-refractivity contribution in [1.29, 1.82) is 0 Å². The van der Waals surface area contributed by atoms with Crippen molar-refractivity contribution in [2.75, 3.05) is 18.4 Å². The van der Waals surface area contributed by atoms with Crippen molar-refractivity contribution < 1.29 is 33.5 Å². The summed E-state index contributed by atoms with van der Waals surface area (Å²) in [5.41, 5.74) is 0.629. The van der Waals surface area contributed by atoms with Gasteiger partial charge in [0.05, 0.1) is 0 Å². The van der Waals surface area contributed by atoms with Crippen LogP contribution in [0.3, 0.4) is 0 Å². The van der Waals surface area contributed by atoms with Gasteiger partial charge < -0.3 is 25.5 Å². The Morgan fingerprint density at radius 1 is 0.975 bits per heavy atom. The molecule has 2 rings (SSSR count). The molecule has 11 nitrogen and oxygen atoms in total. The average Bonchev–Trinajstić information content (AvgIpc) is 3.23. The fraction of sp³-hybridized carbons (Fsp3) is 0.517. The van der Waals surface area contributed by atoms with E-state index in [0.717, 1.165) is 11.8 Å². The Kier molecular flexibility index (Phi) is 12.5. The largest absolute Gasteiger partial charge is 0.445 e. The molecule has 0 saturated heterocycles. The van der Waals surface area contributed by atoms with E-state index in [9.17, 15) is 28.8 Å². The van der Waals surface area contributed by atoms with Crippen molar-refractivity contribution in [1.82, 2.24) is 15.5 Å². The summed E-state index contributed by atoms with van der Waals surface area (Å²) in [4.78, 5) is 72.1. The number of alkyl carbamates (subject to hydrolysis) is 1. The van der Waals surface area contributed by atoms with Crippen molar-refractivity contribution in [2.24, 2.45) is 11.3 Å². The molecule has 0 aromatic heterocycles. The van der Waals surface area contributed by atoms with Crippen LogP contribution in [0.2, 0.25) is 0 Å². The molecule has 5 amide bonds. The molecule has 1 atom stereocenters. The molecule has 0 radical (unpaired) electrons. The number of carbonyl (C=O) groups is 6. The molecular weight excluding hydrogens is 516 g/mol. The van der Waals surface area contributed by atoms with Gasteiger partial charge in [0.2, 0.25) is 11.8 Å². The molecule has 0 saturated carbocycles. The maximum Gasteiger partial charge on any atom is 0.407 e. The Bertz CT molecular complexity index is 1080. The second-order valence-corrected chi connectivity index (χ2v) is 10.9. The fourth-order valence-electron chi connectivity index (χ4n) is 3.75. The first kappa shape index (κ1) is 32.2. The highest BCUT2D eigenvalue weighted by molar-refractivity contribution is 6.12. The van der Waals surface area contributed by atoms with E-state index in [-0.39, 0.29) is 55.2 Å². The normalized spacial score (nSPS) is 13.8. The van der Waals surface area contributed by atoms with Gasteiger partial charge in [-0.2, -0.15) is 0 Å². The molecule has 40 heavy (non-hydrogen) atoms. The standard InChI is InChI=1S/C29H40N4O7/c1-20(2)23(32-24(35)8-6-5-7-15-33-26(37)13-14-27(33)38)16-25(36)31-22-11-9-21(10-12-22)17-40-28(39)30-18-29(3,4)19-34/h9-14,19-20,23H,5-8,15-18H2,1-4H3,(H,30,39)(H,31,36)(H,32,35). The summed E-state index contributed by atoms with van der Waals surface area (Å²) < 4.78 is 5.15. The van der Waals surface area contributed by atoms with E-state index in [4.69, 9.17) is 4.74 Å². The number of imide groups is 1. The molecule has 1 aromatic rings. The van der Waals surface area contributed by atoms with Crippen LogP contribution in [0.15, 0.2) is 36.4 Å². The van der Waals surface area contributed by atoms with Gasteiger partial charge in [0.1, 0.15) is 12.9 Å². The van der Waals surface area contributed by atoms with E-state index in [2.05, 4.69) is 16.0 Å². The van der Waals surface area contributed by atoms with Crippen LogP contribution < -0.4 is 16.0 Å². The number of unbranched alkanes of at least 4 members (excludes halogenated alkanes) is 2. The summed E-state index contributed by atoms with van der Waals surface area (Å²) in [5.74, 6) is -0.958. The minimum absolute atomic E-state index is 0.0365. The first-order valence-electron chi connectivity index (χ1n) is 13.5. The van der Waals surface area contributed by atoms with Gasteiger partial charge in [-0.3, -0.25) is 24.1 Å². The van der Waals surface area contributed by atoms with Crippen LogP contribution in [0.5, 0.6) is 0 Å². The van der Waals surface area contributed by atoms with Gasteiger partial charge >= 0.3 is 6.09 Å². The van der Waals surface area contributed by atoms with E-state index in [1.807, 2.05) is 13.8 Å². The van der Waals surface area contributed by atoms with Crippen LogP contribution in [0.1, 0.15) is 65.4 Å². The van der Waals surface area contributed by atoms with Gasteiger partial charge in [-0.05, 0) is 36.5 Å². The lowest BCUT2D eigenvalue weighted by atomic mass is 9.96. The molecule has 218 valence electrons. The van der Waals surface area contributed by atoms with Crippen molar-refractivity contribution in [3.05, 3.63) is 42.0 Å². The van der Waals surface area contributed by atoms with Gasteiger partial charge in [-0.15, -0.1) is 0 Å². The maximum absolute atomic E-state index is 12.6. The molecule has 11 heteroatoms.